The lowest BCUT2D eigenvalue weighted by Crippen LogP contribution is -2.25. The first-order chi connectivity index (χ1) is 14.4. The van der Waals surface area contributed by atoms with Gasteiger partial charge in [0.15, 0.2) is 0 Å². The third-order valence-electron chi connectivity index (χ3n) is 4.99. The number of ether oxygens (including phenoxy) is 2. The van der Waals surface area contributed by atoms with Crippen LogP contribution in [0.15, 0.2) is 0 Å². The van der Waals surface area contributed by atoms with Crippen LogP contribution in [0.2, 0.25) is 0 Å². The molecule has 0 fully saturated rings. The van der Waals surface area contributed by atoms with Crippen molar-refractivity contribution in [3.05, 3.63) is 0 Å². The molecule has 0 radical (unpaired) electrons. The maximum atomic E-state index is 11.7. The molecule has 0 aliphatic heterocycles. The molecule has 30 heavy (non-hydrogen) atoms. The summed E-state index contributed by atoms with van der Waals surface area (Å²) in [5, 5.41) is 29.4. The van der Waals surface area contributed by atoms with Gasteiger partial charge in [0.1, 0.15) is 19.3 Å². The number of hydrogen-bond acceptors (Lipinski definition) is 7. The Kier molecular flexibility index (Phi) is 19.0. The molecule has 0 rings (SSSR count). The molecule has 0 saturated carbocycles. The Morgan fingerprint density at radius 3 is 1.33 bits per heavy atom. The lowest BCUT2D eigenvalue weighted by Gasteiger charge is -2.13. The number of aliphatic hydroxyl groups excluding tert-OH is 3. The van der Waals surface area contributed by atoms with Gasteiger partial charge in [-0.3, -0.25) is 9.59 Å². The van der Waals surface area contributed by atoms with Crippen molar-refractivity contribution in [2.75, 3.05) is 13.2 Å². The summed E-state index contributed by atoms with van der Waals surface area (Å²) in [6.07, 6.45) is 8.69. The van der Waals surface area contributed by atoms with Crippen LogP contribution < -0.4 is 0 Å². The van der Waals surface area contributed by atoms with Gasteiger partial charge in [-0.05, 0) is 38.5 Å². The highest BCUT2D eigenvalue weighted by atomic mass is 16.6. The summed E-state index contributed by atoms with van der Waals surface area (Å²) in [7, 11) is 0. The highest BCUT2D eigenvalue weighted by molar-refractivity contribution is 5.69. The highest BCUT2D eigenvalue weighted by Gasteiger charge is 2.13. The van der Waals surface area contributed by atoms with Crippen molar-refractivity contribution >= 4 is 11.9 Å². The monoisotopic (exact) mass is 432 g/mol. The molecule has 0 aromatic heterocycles. The van der Waals surface area contributed by atoms with E-state index < -0.39 is 18.0 Å². The van der Waals surface area contributed by atoms with E-state index in [-0.39, 0.29) is 38.3 Å². The van der Waals surface area contributed by atoms with Gasteiger partial charge in [0.2, 0.25) is 0 Å². The molecule has 7 nitrogen and oxygen atoms in total. The maximum absolute atomic E-state index is 11.7. The van der Waals surface area contributed by atoms with Crippen LogP contribution in [0.4, 0.5) is 0 Å². The quantitative estimate of drug-likeness (QED) is 0.199. The van der Waals surface area contributed by atoms with Gasteiger partial charge >= 0.3 is 11.9 Å². The van der Waals surface area contributed by atoms with Crippen LogP contribution >= 0.6 is 0 Å². The zero-order chi connectivity index (χ0) is 22.6. The lowest BCUT2D eigenvalue weighted by molar-refractivity contribution is -0.152. The fraction of sp³-hybridized carbons (Fsp3) is 0.913. The van der Waals surface area contributed by atoms with E-state index in [2.05, 4.69) is 13.8 Å². The van der Waals surface area contributed by atoms with Crippen LogP contribution in [0.1, 0.15) is 104 Å². The van der Waals surface area contributed by atoms with Gasteiger partial charge in [0.05, 0.1) is 12.2 Å². The summed E-state index contributed by atoms with van der Waals surface area (Å²) in [6.45, 7) is 3.78. The molecule has 178 valence electrons. The number of aliphatic hydroxyl groups is 3. The topological polar surface area (TPSA) is 113 Å². The molecule has 0 heterocycles. The van der Waals surface area contributed by atoms with Crippen molar-refractivity contribution in [2.45, 2.75) is 122 Å². The van der Waals surface area contributed by atoms with E-state index >= 15 is 0 Å². The third-order valence-corrected chi connectivity index (χ3v) is 4.99. The van der Waals surface area contributed by atoms with Crippen molar-refractivity contribution in [1.82, 2.24) is 0 Å². The predicted molar refractivity (Wildman–Crippen MR) is 116 cm³/mol. The third kappa shape index (κ3) is 18.8. The second kappa shape index (κ2) is 19.8. The molecule has 0 bridgehead atoms. The second-order valence-corrected chi connectivity index (χ2v) is 8.10. The van der Waals surface area contributed by atoms with Crippen LogP contribution in [0.5, 0.6) is 0 Å². The number of hydrogen-bond donors (Lipinski definition) is 3. The second-order valence-electron chi connectivity index (χ2n) is 8.10. The fourth-order valence-corrected chi connectivity index (χ4v) is 3.08. The Morgan fingerprint density at radius 2 is 0.967 bits per heavy atom. The molecule has 7 heteroatoms. The Labute approximate surface area is 182 Å². The minimum atomic E-state index is -1.06. The number of carbonyl (C=O) groups is 2. The molecule has 0 spiro atoms. The zero-order valence-electron chi connectivity index (χ0n) is 19.0. The van der Waals surface area contributed by atoms with Crippen molar-refractivity contribution in [2.24, 2.45) is 0 Å². The lowest BCUT2D eigenvalue weighted by atomic mass is 10.1. The first kappa shape index (κ1) is 28.8. The molecule has 3 N–H and O–H groups in total. The molecular weight excluding hydrogens is 388 g/mol. The molecule has 0 amide bonds. The SMILES string of the molecule is CCCCCC(O)CCCC(=O)OCC(O)COC(=O)CCCC(O)CCCCC. The Hall–Kier alpha value is -1.18. The van der Waals surface area contributed by atoms with Crippen LogP contribution in [0.3, 0.4) is 0 Å². The van der Waals surface area contributed by atoms with Crippen LogP contribution in [0.25, 0.3) is 0 Å². The average Bonchev–Trinajstić information content (AvgIpc) is 2.71. The minimum absolute atomic E-state index is 0.192. The van der Waals surface area contributed by atoms with Gasteiger partial charge in [0.25, 0.3) is 0 Å². The number of unbranched alkanes of at least 4 members (excludes halogenated alkanes) is 4. The first-order valence-electron chi connectivity index (χ1n) is 11.7. The van der Waals surface area contributed by atoms with E-state index in [1.807, 2.05) is 0 Å². The summed E-state index contributed by atoms with van der Waals surface area (Å²) in [5.74, 6) is -0.864. The van der Waals surface area contributed by atoms with Crippen molar-refractivity contribution in [3.8, 4) is 0 Å². The van der Waals surface area contributed by atoms with Gasteiger partial charge in [-0.25, -0.2) is 0 Å². The predicted octanol–water partition coefficient (Wildman–Crippen LogP) is 3.66. The molecule has 0 aliphatic rings. The van der Waals surface area contributed by atoms with Crippen molar-refractivity contribution < 1.29 is 34.4 Å². The fourth-order valence-electron chi connectivity index (χ4n) is 3.08. The van der Waals surface area contributed by atoms with Gasteiger partial charge in [-0.1, -0.05) is 52.4 Å². The minimum Gasteiger partial charge on any atom is -0.463 e. The van der Waals surface area contributed by atoms with E-state index in [0.717, 1.165) is 51.4 Å². The van der Waals surface area contributed by atoms with Crippen LogP contribution in [-0.4, -0.2) is 58.8 Å². The summed E-state index contributed by atoms with van der Waals surface area (Å²) >= 11 is 0. The molecular formula is C23H44O7. The summed E-state index contributed by atoms with van der Waals surface area (Å²) in [6, 6.07) is 0. The standard InChI is InChI=1S/C23H44O7/c1-3-5-7-11-19(24)13-9-15-22(27)29-17-21(26)18-30-23(28)16-10-14-20(25)12-8-6-4-2/h19-21,24-26H,3-18H2,1-2H3. The van der Waals surface area contributed by atoms with E-state index in [0.29, 0.717) is 25.7 Å². The smallest absolute Gasteiger partial charge is 0.305 e. The Bertz CT molecular complexity index is 390. The van der Waals surface area contributed by atoms with Crippen LogP contribution in [-0.2, 0) is 19.1 Å². The van der Waals surface area contributed by atoms with Gasteiger partial charge < -0.3 is 24.8 Å². The molecule has 2 unspecified atom stereocenters. The number of rotatable bonds is 20. The number of esters is 2. The highest BCUT2D eigenvalue weighted by Crippen LogP contribution is 2.11. The van der Waals surface area contributed by atoms with Gasteiger partial charge in [-0.15, -0.1) is 0 Å². The molecule has 0 aliphatic carbocycles. The molecule has 0 aromatic rings. The van der Waals surface area contributed by atoms with E-state index in [1.165, 1.54) is 0 Å². The van der Waals surface area contributed by atoms with Gasteiger partial charge in [0, 0.05) is 12.8 Å². The molecule has 0 aromatic carbocycles. The first-order valence-corrected chi connectivity index (χ1v) is 11.7. The largest absolute Gasteiger partial charge is 0.463 e. The van der Waals surface area contributed by atoms with E-state index in [1.54, 1.807) is 0 Å². The zero-order valence-corrected chi connectivity index (χ0v) is 19.0. The molecule has 0 saturated heterocycles. The summed E-state index contributed by atoms with van der Waals surface area (Å²) in [4.78, 5) is 23.4. The van der Waals surface area contributed by atoms with Crippen molar-refractivity contribution in [1.29, 1.82) is 0 Å². The summed E-state index contributed by atoms with van der Waals surface area (Å²) in [5.41, 5.74) is 0. The Morgan fingerprint density at radius 1 is 0.600 bits per heavy atom. The normalized spacial score (nSPS) is 14.2. The number of carbonyl (C=O) groups excluding carboxylic acids is 2. The van der Waals surface area contributed by atoms with Gasteiger partial charge in [-0.2, -0.15) is 0 Å². The molecule has 2 atom stereocenters. The van der Waals surface area contributed by atoms with E-state index in [4.69, 9.17) is 9.47 Å². The average molecular weight is 433 g/mol. The van der Waals surface area contributed by atoms with E-state index in [9.17, 15) is 24.9 Å². The van der Waals surface area contributed by atoms with Crippen LogP contribution in [0, 0.1) is 0 Å². The van der Waals surface area contributed by atoms with Crippen molar-refractivity contribution in [3.63, 3.8) is 0 Å². The summed E-state index contributed by atoms with van der Waals surface area (Å²) < 4.78 is 9.96. The Balaban J connectivity index is 3.67. The maximum Gasteiger partial charge on any atom is 0.305 e.